The van der Waals surface area contributed by atoms with Crippen LogP contribution in [0.25, 0.3) is 0 Å². The lowest BCUT2D eigenvalue weighted by Crippen LogP contribution is -2.22. The fraction of sp³-hybridized carbons (Fsp3) is 0.333. The molecule has 0 aliphatic rings. The van der Waals surface area contributed by atoms with Gasteiger partial charge in [0, 0.05) is 28.2 Å². The molecule has 0 atom stereocenters. The highest BCUT2D eigenvalue weighted by atomic mass is 32.2. The molecule has 2 aromatic carbocycles. The van der Waals surface area contributed by atoms with Gasteiger partial charge in [0.1, 0.15) is 24.7 Å². The van der Waals surface area contributed by atoms with Crippen LogP contribution in [0.15, 0.2) is 58.3 Å². The molecule has 0 aromatic heterocycles. The molecule has 0 radical (unpaired) electrons. The smallest absolute Gasteiger partial charge is 0.242 e. The van der Waals surface area contributed by atoms with Gasteiger partial charge in [-0.05, 0) is 48.5 Å². The van der Waals surface area contributed by atoms with Crippen molar-refractivity contribution in [3.63, 3.8) is 0 Å². The van der Waals surface area contributed by atoms with Gasteiger partial charge in [0.25, 0.3) is 0 Å². The quantitative estimate of drug-likeness (QED) is 0.564. The van der Waals surface area contributed by atoms with E-state index in [1.165, 1.54) is 52.5 Å². The maximum absolute atomic E-state index is 12.0. The zero-order valence-electron chi connectivity index (χ0n) is 16.2. The molecule has 2 aromatic rings. The van der Waals surface area contributed by atoms with E-state index >= 15 is 0 Å². The van der Waals surface area contributed by atoms with E-state index in [-0.39, 0.29) is 23.0 Å². The van der Waals surface area contributed by atoms with E-state index in [9.17, 15) is 16.8 Å². The molecule has 0 aliphatic heterocycles. The summed E-state index contributed by atoms with van der Waals surface area (Å²) < 4.78 is 61.4. The first-order chi connectivity index (χ1) is 13.0. The lowest BCUT2D eigenvalue weighted by atomic mass is 10.3. The summed E-state index contributed by atoms with van der Waals surface area (Å²) in [6.07, 6.45) is 0. The van der Waals surface area contributed by atoms with Gasteiger partial charge in [-0.25, -0.2) is 25.4 Å². The number of rotatable bonds is 9. The van der Waals surface area contributed by atoms with E-state index < -0.39 is 20.0 Å². The maximum atomic E-state index is 12.0. The monoisotopic (exact) mass is 428 g/mol. The summed E-state index contributed by atoms with van der Waals surface area (Å²) in [5, 5.41) is 0. The van der Waals surface area contributed by atoms with Crippen molar-refractivity contribution < 1.29 is 26.3 Å². The van der Waals surface area contributed by atoms with Gasteiger partial charge in [-0.3, -0.25) is 0 Å². The Bertz CT molecular complexity index is 900. The summed E-state index contributed by atoms with van der Waals surface area (Å²) in [6, 6.07) is 12.2. The molecule has 10 heteroatoms. The summed E-state index contributed by atoms with van der Waals surface area (Å²) in [5.41, 5.74) is 0. The first-order valence-corrected chi connectivity index (χ1v) is 11.2. The third-order valence-corrected chi connectivity index (χ3v) is 7.48. The molecule has 0 spiro atoms. The highest BCUT2D eigenvalue weighted by molar-refractivity contribution is 7.89. The summed E-state index contributed by atoms with van der Waals surface area (Å²) in [7, 11) is -1.05. The highest BCUT2D eigenvalue weighted by Gasteiger charge is 2.17. The molecule has 0 saturated heterocycles. The van der Waals surface area contributed by atoms with Crippen LogP contribution in [0.1, 0.15) is 0 Å². The topological polar surface area (TPSA) is 93.2 Å². The first kappa shape index (κ1) is 22.2. The van der Waals surface area contributed by atoms with Crippen LogP contribution >= 0.6 is 0 Å². The molecule has 154 valence electrons. The lowest BCUT2D eigenvalue weighted by Gasteiger charge is -2.13. The van der Waals surface area contributed by atoms with E-state index in [1.54, 1.807) is 24.3 Å². The maximum Gasteiger partial charge on any atom is 0.242 e. The molecule has 0 unspecified atom stereocenters. The van der Waals surface area contributed by atoms with Crippen molar-refractivity contribution in [2.45, 2.75) is 9.79 Å². The SMILES string of the molecule is CN(C)S(=O)(=O)c1ccc(OCCOc2ccc(S(=O)(=O)N(C)C)cc2)cc1. The predicted octanol–water partition coefficient (Wildman–Crippen LogP) is 1.64. The molecular weight excluding hydrogens is 404 g/mol. The molecule has 0 aliphatic carbocycles. The van der Waals surface area contributed by atoms with Gasteiger partial charge < -0.3 is 9.47 Å². The van der Waals surface area contributed by atoms with Crippen molar-refractivity contribution in [2.24, 2.45) is 0 Å². The van der Waals surface area contributed by atoms with Crippen LogP contribution in [0.5, 0.6) is 11.5 Å². The molecular formula is C18H24N2O6S2. The van der Waals surface area contributed by atoms with E-state index in [4.69, 9.17) is 9.47 Å². The third kappa shape index (κ3) is 5.22. The summed E-state index contributed by atoms with van der Waals surface area (Å²) in [4.78, 5) is 0.378. The fourth-order valence-electron chi connectivity index (χ4n) is 2.16. The second-order valence-electron chi connectivity index (χ2n) is 6.21. The minimum Gasteiger partial charge on any atom is -0.490 e. The van der Waals surface area contributed by atoms with Crippen molar-refractivity contribution in [3.8, 4) is 11.5 Å². The summed E-state index contributed by atoms with van der Waals surface area (Å²) in [6.45, 7) is 0.495. The Labute approximate surface area is 166 Å². The Balaban J connectivity index is 1.86. The Morgan fingerprint density at radius 3 is 1.14 bits per heavy atom. The third-order valence-electron chi connectivity index (χ3n) is 3.83. The van der Waals surface area contributed by atoms with Crippen LogP contribution < -0.4 is 9.47 Å². The van der Waals surface area contributed by atoms with Crippen LogP contribution in [-0.4, -0.2) is 66.9 Å². The molecule has 0 amide bonds. The van der Waals surface area contributed by atoms with Gasteiger partial charge in [-0.2, -0.15) is 0 Å². The van der Waals surface area contributed by atoms with Crippen molar-refractivity contribution in [2.75, 3.05) is 41.4 Å². The molecule has 0 fully saturated rings. The molecule has 8 nitrogen and oxygen atoms in total. The second kappa shape index (κ2) is 8.91. The number of sulfonamides is 2. The molecule has 0 heterocycles. The van der Waals surface area contributed by atoms with Crippen LogP contribution in [-0.2, 0) is 20.0 Å². The van der Waals surface area contributed by atoms with E-state index in [2.05, 4.69) is 0 Å². The number of hydrogen-bond donors (Lipinski definition) is 0. The zero-order valence-corrected chi connectivity index (χ0v) is 17.8. The Kier molecular flexibility index (Phi) is 7.05. The average molecular weight is 429 g/mol. The largest absolute Gasteiger partial charge is 0.490 e. The van der Waals surface area contributed by atoms with Crippen LogP contribution in [0.3, 0.4) is 0 Å². The lowest BCUT2D eigenvalue weighted by molar-refractivity contribution is 0.217. The number of nitrogens with zero attached hydrogens (tertiary/aromatic N) is 2. The van der Waals surface area contributed by atoms with E-state index in [1.807, 2.05) is 0 Å². The predicted molar refractivity (Wildman–Crippen MR) is 106 cm³/mol. The molecule has 28 heavy (non-hydrogen) atoms. The van der Waals surface area contributed by atoms with Crippen molar-refractivity contribution in [1.29, 1.82) is 0 Å². The molecule has 0 bridgehead atoms. The van der Waals surface area contributed by atoms with Gasteiger partial charge in [-0.15, -0.1) is 0 Å². The van der Waals surface area contributed by atoms with Crippen LogP contribution in [0.4, 0.5) is 0 Å². The second-order valence-corrected chi connectivity index (χ2v) is 10.5. The number of benzene rings is 2. The number of hydrogen-bond acceptors (Lipinski definition) is 6. The van der Waals surface area contributed by atoms with Gasteiger partial charge in [-0.1, -0.05) is 0 Å². The molecule has 2 rings (SSSR count). The minimum atomic E-state index is -3.47. The number of ether oxygens (including phenoxy) is 2. The molecule has 0 N–H and O–H groups in total. The average Bonchev–Trinajstić information content (AvgIpc) is 2.65. The van der Waals surface area contributed by atoms with Crippen LogP contribution in [0, 0.1) is 0 Å². The molecule has 0 saturated carbocycles. The van der Waals surface area contributed by atoms with Gasteiger partial charge in [0.05, 0.1) is 9.79 Å². The van der Waals surface area contributed by atoms with Gasteiger partial charge in [0.2, 0.25) is 20.0 Å². The standard InChI is InChI=1S/C18H24N2O6S2/c1-19(2)27(21,22)17-9-5-15(6-10-17)25-13-14-26-16-7-11-18(12-8-16)28(23,24)20(3)4/h5-12H,13-14H2,1-4H3. The fourth-order valence-corrected chi connectivity index (χ4v) is 3.96. The van der Waals surface area contributed by atoms with Crippen molar-refractivity contribution >= 4 is 20.0 Å². The zero-order chi connectivity index (χ0) is 20.9. The van der Waals surface area contributed by atoms with Crippen molar-refractivity contribution in [3.05, 3.63) is 48.5 Å². The highest BCUT2D eigenvalue weighted by Crippen LogP contribution is 2.19. The van der Waals surface area contributed by atoms with Gasteiger partial charge >= 0.3 is 0 Å². The van der Waals surface area contributed by atoms with Gasteiger partial charge in [0.15, 0.2) is 0 Å². The Hall–Kier alpha value is -2.14. The Morgan fingerprint density at radius 2 is 0.893 bits per heavy atom. The first-order valence-electron chi connectivity index (χ1n) is 8.36. The van der Waals surface area contributed by atoms with Crippen LogP contribution in [0.2, 0.25) is 0 Å². The summed E-state index contributed by atoms with van der Waals surface area (Å²) >= 11 is 0. The normalized spacial score (nSPS) is 12.4. The van der Waals surface area contributed by atoms with E-state index in [0.717, 1.165) is 8.61 Å². The Morgan fingerprint density at radius 1 is 0.607 bits per heavy atom. The minimum absolute atomic E-state index is 0.189. The van der Waals surface area contributed by atoms with E-state index in [0.29, 0.717) is 11.5 Å². The summed E-state index contributed by atoms with van der Waals surface area (Å²) in [5.74, 6) is 1.04. The van der Waals surface area contributed by atoms with Crippen molar-refractivity contribution in [1.82, 2.24) is 8.61 Å².